The van der Waals surface area contributed by atoms with E-state index in [2.05, 4.69) is 4.98 Å². The molecule has 0 unspecified atom stereocenters. The van der Waals surface area contributed by atoms with Crippen LogP contribution in [0.5, 0.6) is 11.5 Å². The second-order valence-corrected chi connectivity index (χ2v) is 9.25. The summed E-state index contributed by atoms with van der Waals surface area (Å²) in [7, 11) is 4.77. The predicted octanol–water partition coefficient (Wildman–Crippen LogP) is 6.87. The van der Waals surface area contributed by atoms with E-state index >= 15 is 0 Å². The molecule has 0 fully saturated rings. The van der Waals surface area contributed by atoms with Gasteiger partial charge in [-0.15, -0.1) is 0 Å². The highest BCUT2D eigenvalue weighted by Crippen LogP contribution is 2.35. The Bertz CT molecular complexity index is 1370. The van der Waals surface area contributed by atoms with Crippen LogP contribution in [0, 0.1) is 6.92 Å². The highest BCUT2D eigenvalue weighted by molar-refractivity contribution is 6.09. The van der Waals surface area contributed by atoms with Crippen LogP contribution in [0.15, 0.2) is 53.0 Å². The summed E-state index contributed by atoms with van der Waals surface area (Å²) in [4.78, 5) is 21.5. The maximum absolute atomic E-state index is 13.4. The van der Waals surface area contributed by atoms with Crippen LogP contribution >= 0.6 is 0 Å². The quantitative estimate of drug-likeness (QED) is 0.407. The number of H-pyrrole nitrogens is 1. The Morgan fingerprint density at radius 1 is 1.05 bits per heavy atom. The summed E-state index contributed by atoms with van der Waals surface area (Å²) >= 11 is 0. The molecule has 0 bridgehead atoms. The molecule has 1 aliphatic heterocycles. The molecular formula is C29H37N3O5. The molecule has 37 heavy (non-hydrogen) atoms. The lowest BCUT2D eigenvalue weighted by Crippen LogP contribution is -2.29. The van der Waals surface area contributed by atoms with Crippen molar-refractivity contribution in [2.75, 3.05) is 21.3 Å². The Morgan fingerprint density at radius 3 is 2.30 bits per heavy atom. The minimum Gasteiger partial charge on any atom is -0.495 e. The number of aliphatic imine (C=N–C) groups is 1. The number of nitrogens with zero attached hydrogens (tertiary/aromatic N) is 2. The molecular weight excluding hydrogens is 470 g/mol. The van der Waals surface area contributed by atoms with E-state index in [4.69, 9.17) is 23.9 Å². The number of carbonyl (C=O) groups excluding carboxylic acids is 1. The van der Waals surface area contributed by atoms with Gasteiger partial charge in [-0.1, -0.05) is 13.8 Å². The molecule has 198 valence electrons. The number of fused-ring (bicyclic) bond motifs is 1. The summed E-state index contributed by atoms with van der Waals surface area (Å²) in [5.41, 5.74) is 4.01. The molecule has 3 heterocycles. The third kappa shape index (κ3) is 5.90. The third-order valence-electron chi connectivity index (χ3n) is 5.67. The summed E-state index contributed by atoms with van der Waals surface area (Å²) < 4.78 is 23.9. The van der Waals surface area contributed by atoms with Crippen molar-refractivity contribution in [2.24, 2.45) is 4.99 Å². The number of rotatable bonds is 5. The summed E-state index contributed by atoms with van der Waals surface area (Å²) in [5, 5.41) is 0.804. The van der Waals surface area contributed by atoms with Crippen LogP contribution in [0.2, 0.25) is 0 Å². The molecule has 4 rings (SSSR count). The number of hydrogen-bond acceptors (Lipinski definition) is 6. The largest absolute Gasteiger partial charge is 0.495 e. The number of ether oxygens (including phenoxy) is 4. The predicted molar refractivity (Wildman–Crippen MR) is 148 cm³/mol. The number of allylic oxidation sites excluding steroid dienone is 1. The van der Waals surface area contributed by atoms with E-state index in [1.807, 2.05) is 78.1 Å². The smallest absolute Gasteiger partial charge is 0.419 e. The van der Waals surface area contributed by atoms with Crippen molar-refractivity contribution in [3.05, 3.63) is 64.9 Å². The molecule has 8 nitrogen and oxygen atoms in total. The van der Waals surface area contributed by atoms with Crippen molar-refractivity contribution >= 4 is 28.8 Å². The highest BCUT2D eigenvalue weighted by atomic mass is 16.6. The number of hydrogen-bond donors (Lipinski definition) is 1. The summed E-state index contributed by atoms with van der Waals surface area (Å²) in [6, 6.07) is 7.54. The van der Waals surface area contributed by atoms with Gasteiger partial charge in [-0.05, 0) is 63.6 Å². The van der Waals surface area contributed by atoms with Crippen LogP contribution in [-0.2, 0) is 9.47 Å². The van der Waals surface area contributed by atoms with Crippen molar-refractivity contribution in [3.63, 3.8) is 0 Å². The highest BCUT2D eigenvalue weighted by Gasteiger charge is 2.27. The topological polar surface area (TPSA) is 87.1 Å². The molecule has 0 saturated carbocycles. The van der Waals surface area contributed by atoms with Crippen LogP contribution in [0.4, 0.5) is 4.79 Å². The van der Waals surface area contributed by atoms with Gasteiger partial charge in [0.05, 0.1) is 38.3 Å². The molecule has 0 atom stereocenters. The number of nitrogens with one attached hydrogen (secondary N) is 1. The zero-order valence-corrected chi connectivity index (χ0v) is 23.2. The minimum atomic E-state index is -0.671. The van der Waals surface area contributed by atoms with Crippen LogP contribution < -0.4 is 9.47 Å². The van der Waals surface area contributed by atoms with Gasteiger partial charge in [0.15, 0.2) is 11.5 Å². The van der Waals surface area contributed by atoms with Gasteiger partial charge in [0, 0.05) is 29.8 Å². The minimum absolute atomic E-state index is 0.484. The molecule has 0 spiro atoms. The van der Waals surface area contributed by atoms with Gasteiger partial charge in [0.1, 0.15) is 17.1 Å². The van der Waals surface area contributed by atoms with Gasteiger partial charge >= 0.3 is 6.09 Å². The van der Waals surface area contributed by atoms with E-state index in [1.165, 1.54) is 0 Å². The van der Waals surface area contributed by atoms with Crippen molar-refractivity contribution in [2.45, 2.75) is 53.6 Å². The molecule has 0 saturated heterocycles. The Balaban J connectivity index is 0.00000186. The number of dihydropyridines is 1. The lowest BCUT2D eigenvalue weighted by molar-refractivity contribution is 0.0543. The van der Waals surface area contributed by atoms with Crippen molar-refractivity contribution in [3.8, 4) is 11.5 Å². The second-order valence-electron chi connectivity index (χ2n) is 9.25. The molecule has 8 heteroatoms. The van der Waals surface area contributed by atoms with Crippen LogP contribution in [0.25, 0.3) is 17.0 Å². The molecule has 0 aliphatic carbocycles. The fraction of sp³-hybridized carbons (Fsp3) is 0.379. The first-order valence-electron chi connectivity index (χ1n) is 12.3. The van der Waals surface area contributed by atoms with E-state index in [0.29, 0.717) is 46.3 Å². The number of carbonyl (C=O) groups is 1. The third-order valence-corrected chi connectivity index (χ3v) is 5.67. The van der Waals surface area contributed by atoms with E-state index in [1.54, 1.807) is 32.0 Å². The Labute approximate surface area is 218 Å². The first-order valence-corrected chi connectivity index (χ1v) is 12.3. The molecule has 1 N–H and O–H groups in total. The zero-order chi connectivity index (χ0) is 27.3. The van der Waals surface area contributed by atoms with E-state index in [-0.39, 0.29) is 0 Å². The second kappa shape index (κ2) is 11.4. The van der Waals surface area contributed by atoms with E-state index < -0.39 is 11.7 Å². The van der Waals surface area contributed by atoms with Crippen LogP contribution in [0.3, 0.4) is 0 Å². The summed E-state index contributed by atoms with van der Waals surface area (Å²) in [6.07, 6.45) is 5.77. The number of aryl methyl sites for hydroxylation is 1. The van der Waals surface area contributed by atoms with Gasteiger partial charge < -0.3 is 23.9 Å². The number of aromatic amines is 1. The van der Waals surface area contributed by atoms with Crippen molar-refractivity contribution in [1.29, 1.82) is 0 Å². The van der Waals surface area contributed by atoms with Crippen molar-refractivity contribution < 1.29 is 23.7 Å². The lowest BCUT2D eigenvalue weighted by atomic mass is 10.1. The molecule has 3 aromatic rings. The lowest BCUT2D eigenvalue weighted by Gasteiger charge is -2.22. The molecule has 2 aromatic heterocycles. The number of aromatic nitrogens is 2. The first kappa shape index (κ1) is 27.6. The Morgan fingerprint density at radius 2 is 1.73 bits per heavy atom. The molecule has 1 aromatic carbocycles. The summed E-state index contributed by atoms with van der Waals surface area (Å²) in [5.74, 6) is 1.76. The number of benzene rings is 1. The maximum Gasteiger partial charge on any atom is 0.419 e. The average molecular weight is 508 g/mol. The standard InChI is InChI=1S/C27H31N3O5.C2H6/c1-16-10-11-28-19(16)14-20-23(32-5)9-8-18(29-20)22-12-17-13-24(33-6)25(34-7)15-21(17)30(22)26(31)35-27(2,3)4;1-2/h9-15,28H,8H2,1-7H3;1-2H3/b20-14-;. The number of methoxy groups -OCH3 is 3. The normalized spacial score (nSPS) is 14.5. The zero-order valence-electron chi connectivity index (χ0n) is 23.2. The van der Waals surface area contributed by atoms with Gasteiger partial charge in [0.2, 0.25) is 0 Å². The van der Waals surface area contributed by atoms with Crippen LogP contribution in [-0.4, -0.2) is 48.3 Å². The Kier molecular flexibility index (Phi) is 8.53. The fourth-order valence-electron chi connectivity index (χ4n) is 4.00. The molecule has 0 amide bonds. The monoisotopic (exact) mass is 507 g/mol. The Hall–Kier alpha value is -3.94. The molecule has 1 aliphatic rings. The van der Waals surface area contributed by atoms with E-state index in [0.717, 1.165) is 16.6 Å². The van der Waals surface area contributed by atoms with Crippen LogP contribution in [0.1, 0.15) is 58.0 Å². The molecule has 0 radical (unpaired) electrons. The first-order chi connectivity index (χ1) is 17.6. The van der Waals surface area contributed by atoms with Crippen molar-refractivity contribution in [1.82, 2.24) is 9.55 Å². The average Bonchev–Trinajstić information content (AvgIpc) is 3.45. The SMILES string of the molecule is CC.COC1=CCC(c2cc3cc(OC)c(OC)cc3n2C(=O)OC(C)(C)C)=N/C1=C\c1[nH]ccc1C. The van der Waals surface area contributed by atoms with Gasteiger partial charge in [-0.2, -0.15) is 0 Å². The summed E-state index contributed by atoms with van der Waals surface area (Å²) in [6.45, 7) is 11.5. The maximum atomic E-state index is 13.4. The van der Waals surface area contributed by atoms with Gasteiger partial charge in [-0.25, -0.2) is 14.4 Å². The van der Waals surface area contributed by atoms with Gasteiger partial charge in [0.25, 0.3) is 0 Å². The van der Waals surface area contributed by atoms with Gasteiger partial charge in [-0.3, -0.25) is 0 Å². The fourth-order valence-corrected chi connectivity index (χ4v) is 4.00. The van der Waals surface area contributed by atoms with E-state index in [9.17, 15) is 4.79 Å².